The number of halogens is 1. The van der Waals surface area contributed by atoms with Gasteiger partial charge in [-0.05, 0) is 13.0 Å². The minimum atomic E-state index is -0.532. The molecule has 74 valence electrons. The number of imide groups is 1. The summed E-state index contributed by atoms with van der Waals surface area (Å²) in [6.07, 6.45) is 1.34. The molecule has 0 bridgehead atoms. The fourth-order valence-electron chi connectivity index (χ4n) is 0.921. The topological polar surface area (TPSA) is 59.1 Å². The zero-order valence-corrected chi connectivity index (χ0v) is 8.55. The molecule has 1 rings (SSSR count). The molecule has 14 heavy (non-hydrogen) atoms. The molecule has 0 aliphatic carbocycles. The number of hydrogen-bond donors (Lipinski definition) is 1. The molecule has 0 saturated carbocycles. The van der Waals surface area contributed by atoms with E-state index in [0.29, 0.717) is 0 Å². The van der Waals surface area contributed by atoms with E-state index in [-0.39, 0.29) is 10.6 Å². The van der Waals surface area contributed by atoms with Gasteiger partial charge in [-0.3, -0.25) is 19.9 Å². The average molecular weight is 213 g/mol. The average Bonchev–Trinajstić information content (AvgIpc) is 2.01. The number of rotatable bonds is 1. The van der Waals surface area contributed by atoms with E-state index in [1.807, 2.05) is 0 Å². The summed E-state index contributed by atoms with van der Waals surface area (Å²) in [5.41, 5.74) is 0.918. The number of pyridine rings is 1. The third kappa shape index (κ3) is 2.53. The van der Waals surface area contributed by atoms with Crippen LogP contribution in [0.3, 0.4) is 0 Å². The molecule has 0 aliphatic heterocycles. The molecule has 0 radical (unpaired) electrons. The highest BCUT2D eigenvalue weighted by Crippen LogP contribution is 2.15. The first-order valence-electron chi connectivity index (χ1n) is 3.95. The molecular weight excluding hydrogens is 204 g/mol. The van der Waals surface area contributed by atoms with Gasteiger partial charge in [-0.15, -0.1) is 0 Å². The van der Waals surface area contributed by atoms with Crippen molar-refractivity contribution in [2.75, 3.05) is 0 Å². The maximum absolute atomic E-state index is 11.3. The molecule has 0 spiro atoms. The van der Waals surface area contributed by atoms with Crippen LogP contribution in [-0.2, 0) is 4.79 Å². The second-order valence-electron chi connectivity index (χ2n) is 2.82. The predicted octanol–water partition coefficient (Wildman–Crippen LogP) is 1.32. The number of aromatic nitrogens is 1. The van der Waals surface area contributed by atoms with Crippen LogP contribution in [0.15, 0.2) is 12.3 Å². The largest absolute Gasteiger partial charge is 0.292 e. The zero-order valence-electron chi connectivity index (χ0n) is 7.80. The van der Waals surface area contributed by atoms with E-state index in [1.165, 1.54) is 13.1 Å². The second kappa shape index (κ2) is 4.19. The van der Waals surface area contributed by atoms with Crippen LogP contribution in [0, 0.1) is 6.92 Å². The highest BCUT2D eigenvalue weighted by Gasteiger charge is 2.11. The highest BCUT2D eigenvalue weighted by molar-refractivity contribution is 6.34. The van der Waals surface area contributed by atoms with E-state index in [0.717, 1.165) is 5.69 Å². The predicted molar refractivity (Wildman–Crippen MR) is 52.1 cm³/mol. The third-order valence-electron chi connectivity index (χ3n) is 1.52. The molecule has 0 aliphatic rings. The van der Waals surface area contributed by atoms with Gasteiger partial charge in [-0.2, -0.15) is 0 Å². The van der Waals surface area contributed by atoms with Crippen molar-refractivity contribution in [1.29, 1.82) is 0 Å². The quantitative estimate of drug-likeness (QED) is 0.764. The van der Waals surface area contributed by atoms with E-state index in [4.69, 9.17) is 11.6 Å². The Labute approximate surface area is 86.3 Å². The van der Waals surface area contributed by atoms with Crippen molar-refractivity contribution in [2.24, 2.45) is 0 Å². The number of aryl methyl sites for hydroxylation is 1. The van der Waals surface area contributed by atoms with Gasteiger partial charge in [0.15, 0.2) is 0 Å². The molecule has 5 heteroatoms. The lowest BCUT2D eigenvalue weighted by molar-refractivity contribution is -0.118. The van der Waals surface area contributed by atoms with Gasteiger partial charge in [0.1, 0.15) is 0 Å². The molecule has 4 nitrogen and oxygen atoms in total. The van der Waals surface area contributed by atoms with Crippen molar-refractivity contribution in [3.8, 4) is 0 Å². The molecule has 1 aromatic heterocycles. The standard InChI is InChI=1S/C9H9ClN2O2/c1-5-3-8(10)7(4-11-5)9(14)12-6(2)13/h3-4H,1-2H3,(H,12,13,14). The smallest absolute Gasteiger partial charge is 0.260 e. The molecule has 0 saturated heterocycles. The molecule has 0 aromatic carbocycles. The monoisotopic (exact) mass is 212 g/mol. The fraction of sp³-hybridized carbons (Fsp3) is 0.222. The SMILES string of the molecule is CC(=O)NC(=O)c1cnc(C)cc1Cl. The Kier molecular flexibility index (Phi) is 3.19. The van der Waals surface area contributed by atoms with Gasteiger partial charge in [0.2, 0.25) is 5.91 Å². The van der Waals surface area contributed by atoms with Gasteiger partial charge in [-0.25, -0.2) is 0 Å². The normalized spacial score (nSPS) is 9.64. The van der Waals surface area contributed by atoms with E-state index >= 15 is 0 Å². The van der Waals surface area contributed by atoms with Gasteiger partial charge >= 0.3 is 0 Å². The summed E-state index contributed by atoms with van der Waals surface area (Å²) in [7, 11) is 0. The van der Waals surface area contributed by atoms with E-state index < -0.39 is 11.8 Å². The molecule has 0 atom stereocenters. The summed E-state index contributed by atoms with van der Waals surface area (Å²) >= 11 is 5.80. The van der Waals surface area contributed by atoms with E-state index in [2.05, 4.69) is 10.3 Å². The maximum atomic E-state index is 11.3. The van der Waals surface area contributed by atoms with Crippen LogP contribution in [0.2, 0.25) is 5.02 Å². The minimum Gasteiger partial charge on any atom is -0.292 e. The van der Waals surface area contributed by atoms with Crippen molar-refractivity contribution in [2.45, 2.75) is 13.8 Å². The first-order chi connectivity index (χ1) is 6.50. The van der Waals surface area contributed by atoms with E-state index in [9.17, 15) is 9.59 Å². The molecule has 0 fully saturated rings. The summed E-state index contributed by atoms with van der Waals surface area (Å²) in [5, 5.41) is 2.41. The summed E-state index contributed by atoms with van der Waals surface area (Å²) in [6, 6.07) is 1.57. The fourth-order valence-corrected chi connectivity index (χ4v) is 1.21. The van der Waals surface area contributed by atoms with Crippen LogP contribution in [0.5, 0.6) is 0 Å². The van der Waals surface area contributed by atoms with Crippen molar-refractivity contribution >= 4 is 23.4 Å². The van der Waals surface area contributed by atoms with Crippen molar-refractivity contribution in [3.05, 3.63) is 28.5 Å². The highest BCUT2D eigenvalue weighted by atomic mass is 35.5. The Morgan fingerprint density at radius 1 is 1.50 bits per heavy atom. The van der Waals surface area contributed by atoms with Crippen LogP contribution >= 0.6 is 11.6 Å². The van der Waals surface area contributed by atoms with Crippen LogP contribution < -0.4 is 5.32 Å². The van der Waals surface area contributed by atoms with Gasteiger partial charge in [0.05, 0.1) is 10.6 Å². The number of carbonyl (C=O) groups is 2. The first kappa shape index (κ1) is 10.7. The van der Waals surface area contributed by atoms with Gasteiger partial charge < -0.3 is 0 Å². The third-order valence-corrected chi connectivity index (χ3v) is 1.84. The zero-order chi connectivity index (χ0) is 10.7. The van der Waals surface area contributed by atoms with Crippen molar-refractivity contribution < 1.29 is 9.59 Å². The lowest BCUT2D eigenvalue weighted by atomic mass is 10.2. The lowest BCUT2D eigenvalue weighted by Crippen LogP contribution is -2.28. The number of carbonyl (C=O) groups excluding carboxylic acids is 2. The summed E-state index contributed by atoms with van der Waals surface area (Å²) in [5.74, 6) is -0.957. The maximum Gasteiger partial charge on any atom is 0.260 e. The Bertz CT molecular complexity index is 390. The number of nitrogens with one attached hydrogen (secondary N) is 1. The molecule has 1 aromatic rings. The van der Waals surface area contributed by atoms with Crippen molar-refractivity contribution in [1.82, 2.24) is 10.3 Å². The Morgan fingerprint density at radius 3 is 2.64 bits per heavy atom. The van der Waals surface area contributed by atoms with Gasteiger partial charge in [0, 0.05) is 18.8 Å². The summed E-state index contributed by atoms with van der Waals surface area (Å²) in [6.45, 7) is 3.02. The summed E-state index contributed by atoms with van der Waals surface area (Å²) in [4.78, 5) is 25.9. The van der Waals surface area contributed by atoms with Gasteiger partial charge in [-0.1, -0.05) is 11.6 Å². The number of hydrogen-bond acceptors (Lipinski definition) is 3. The van der Waals surface area contributed by atoms with Crippen LogP contribution in [-0.4, -0.2) is 16.8 Å². The number of nitrogens with zero attached hydrogens (tertiary/aromatic N) is 1. The Hall–Kier alpha value is -1.42. The lowest BCUT2D eigenvalue weighted by Gasteiger charge is -2.03. The molecule has 2 amide bonds. The molecule has 1 N–H and O–H groups in total. The van der Waals surface area contributed by atoms with Crippen molar-refractivity contribution in [3.63, 3.8) is 0 Å². The molecular formula is C9H9ClN2O2. The Morgan fingerprint density at radius 2 is 2.14 bits per heavy atom. The molecule has 0 unspecified atom stereocenters. The van der Waals surface area contributed by atoms with Gasteiger partial charge in [0.25, 0.3) is 5.91 Å². The minimum absolute atomic E-state index is 0.201. The summed E-state index contributed by atoms with van der Waals surface area (Å²) < 4.78 is 0. The molecule has 1 heterocycles. The Balaban J connectivity index is 2.96. The van der Waals surface area contributed by atoms with Crippen LogP contribution in [0.25, 0.3) is 0 Å². The van der Waals surface area contributed by atoms with E-state index in [1.54, 1.807) is 13.0 Å². The first-order valence-corrected chi connectivity index (χ1v) is 4.32. The second-order valence-corrected chi connectivity index (χ2v) is 3.22. The van der Waals surface area contributed by atoms with Crippen LogP contribution in [0.1, 0.15) is 23.0 Å². The van der Waals surface area contributed by atoms with Crippen LogP contribution in [0.4, 0.5) is 0 Å². The number of amides is 2.